The second-order valence-electron chi connectivity index (χ2n) is 6.44. The van der Waals surface area contributed by atoms with Crippen LogP contribution in [0, 0.1) is 0 Å². The number of nitrogens with zero attached hydrogens (tertiary/aromatic N) is 3. The number of ether oxygens (including phenoxy) is 1. The van der Waals surface area contributed by atoms with E-state index in [2.05, 4.69) is 10.1 Å². The van der Waals surface area contributed by atoms with Gasteiger partial charge in [-0.3, -0.25) is 4.79 Å². The maximum Gasteiger partial charge on any atom is 0.199 e. The van der Waals surface area contributed by atoms with Gasteiger partial charge in [0.1, 0.15) is 11.5 Å². The number of carbonyl (C=O) groups excluding carboxylic acids is 1. The molecule has 28 heavy (non-hydrogen) atoms. The Balaban J connectivity index is 1.70. The molecule has 0 saturated carbocycles. The number of phenolic OH excluding ortho intramolecular Hbond substituents is 1. The summed E-state index contributed by atoms with van der Waals surface area (Å²) in [4.78, 5) is 17.2. The fourth-order valence-corrected chi connectivity index (χ4v) is 3.04. The summed E-state index contributed by atoms with van der Waals surface area (Å²) >= 11 is 0. The van der Waals surface area contributed by atoms with Crippen LogP contribution in [0.2, 0.25) is 0 Å². The van der Waals surface area contributed by atoms with Crippen LogP contribution >= 0.6 is 0 Å². The van der Waals surface area contributed by atoms with Crippen molar-refractivity contribution in [3.05, 3.63) is 77.6 Å². The lowest BCUT2D eigenvalue weighted by Gasteiger charge is -2.06. The van der Waals surface area contributed by atoms with E-state index < -0.39 is 0 Å². The minimum absolute atomic E-state index is 0.0401. The molecular formula is C22H19N3O3. The van der Waals surface area contributed by atoms with Gasteiger partial charge in [-0.25, -0.2) is 9.50 Å². The highest BCUT2D eigenvalue weighted by Crippen LogP contribution is 2.24. The molecule has 2 aromatic heterocycles. The average molecular weight is 373 g/mol. The van der Waals surface area contributed by atoms with E-state index in [1.54, 1.807) is 30.0 Å². The van der Waals surface area contributed by atoms with Gasteiger partial charge in [0.2, 0.25) is 0 Å². The van der Waals surface area contributed by atoms with Crippen molar-refractivity contribution < 1.29 is 14.6 Å². The molecule has 2 heterocycles. The van der Waals surface area contributed by atoms with Gasteiger partial charge in [-0.15, -0.1) is 0 Å². The van der Waals surface area contributed by atoms with Crippen molar-refractivity contribution in [2.75, 3.05) is 7.11 Å². The van der Waals surface area contributed by atoms with Crippen LogP contribution < -0.4 is 4.74 Å². The smallest absolute Gasteiger partial charge is 0.199 e. The lowest BCUT2D eigenvalue weighted by molar-refractivity contribution is 0.103. The summed E-state index contributed by atoms with van der Waals surface area (Å²) in [5.41, 5.74) is 3.91. The third kappa shape index (κ3) is 3.20. The Morgan fingerprint density at radius 2 is 1.93 bits per heavy atom. The maximum atomic E-state index is 12.9. The third-order valence-electron chi connectivity index (χ3n) is 4.68. The minimum Gasteiger partial charge on any atom is -0.507 e. The molecule has 0 amide bonds. The molecule has 0 aliphatic rings. The molecule has 2 aromatic carbocycles. The number of hydrogen-bond donors (Lipinski definition) is 1. The number of carbonyl (C=O) groups is 1. The highest BCUT2D eigenvalue weighted by molar-refractivity contribution is 6.10. The molecule has 0 unspecified atom stereocenters. The molecule has 6 nitrogen and oxygen atoms in total. The van der Waals surface area contributed by atoms with Gasteiger partial charge in [-0.05, 0) is 48.4 Å². The van der Waals surface area contributed by atoms with Gasteiger partial charge in [0, 0.05) is 24.0 Å². The van der Waals surface area contributed by atoms with Crippen molar-refractivity contribution in [1.29, 1.82) is 0 Å². The molecule has 0 spiro atoms. The van der Waals surface area contributed by atoms with Gasteiger partial charge in [-0.2, -0.15) is 5.10 Å². The molecule has 4 rings (SSSR count). The average Bonchev–Trinajstić information content (AvgIpc) is 3.17. The predicted molar refractivity (Wildman–Crippen MR) is 106 cm³/mol. The van der Waals surface area contributed by atoms with Crippen LogP contribution in [-0.4, -0.2) is 32.6 Å². The van der Waals surface area contributed by atoms with Gasteiger partial charge < -0.3 is 9.84 Å². The molecule has 0 fully saturated rings. The second kappa shape index (κ2) is 7.15. The van der Waals surface area contributed by atoms with E-state index in [9.17, 15) is 9.90 Å². The van der Waals surface area contributed by atoms with Crippen molar-refractivity contribution in [3.63, 3.8) is 0 Å². The SMILES string of the molecule is CCc1ccc(O)c(C(=O)c2cnc3cc(-c4ccc(OC)cc4)nn3c2)c1. The van der Waals surface area contributed by atoms with Gasteiger partial charge in [0.15, 0.2) is 11.4 Å². The summed E-state index contributed by atoms with van der Waals surface area (Å²) in [7, 11) is 1.62. The first kappa shape index (κ1) is 17.7. The monoisotopic (exact) mass is 373 g/mol. The molecule has 0 aliphatic carbocycles. The van der Waals surface area contributed by atoms with Gasteiger partial charge in [0.05, 0.1) is 23.9 Å². The van der Waals surface area contributed by atoms with E-state index in [0.29, 0.717) is 11.2 Å². The first-order chi connectivity index (χ1) is 13.6. The van der Waals surface area contributed by atoms with Crippen molar-refractivity contribution in [1.82, 2.24) is 14.6 Å². The van der Waals surface area contributed by atoms with Crippen molar-refractivity contribution >= 4 is 11.4 Å². The van der Waals surface area contributed by atoms with Gasteiger partial charge >= 0.3 is 0 Å². The summed E-state index contributed by atoms with van der Waals surface area (Å²) < 4.78 is 6.76. The second-order valence-corrected chi connectivity index (χ2v) is 6.44. The third-order valence-corrected chi connectivity index (χ3v) is 4.68. The zero-order valence-electron chi connectivity index (χ0n) is 15.6. The van der Waals surface area contributed by atoms with E-state index in [4.69, 9.17) is 4.74 Å². The number of aromatic hydroxyl groups is 1. The Hall–Kier alpha value is -3.67. The van der Waals surface area contributed by atoms with E-state index in [0.717, 1.165) is 29.0 Å². The molecule has 0 saturated heterocycles. The molecule has 0 bridgehead atoms. The Kier molecular flexibility index (Phi) is 4.53. The van der Waals surface area contributed by atoms with Gasteiger partial charge in [-0.1, -0.05) is 13.0 Å². The molecule has 140 valence electrons. The van der Waals surface area contributed by atoms with Crippen molar-refractivity contribution in [2.45, 2.75) is 13.3 Å². The zero-order chi connectivity index (χ0) is 19.7. The molecule has 0 radical (unpaired) electrons. The molecule has 0 aliphatic heterocycles. The van der Waals surface area contributed by atoms with Crippen LogP contribution in [0.4, 0.5) is 0 Å². The van der Waals surface area contributed by atoms with E-state index >= 15 is 0 Å². The van der Waals surface area contributed by atoms with E-state index in [-0.39, 0.29) is 17.1 Å². The van der Waals surface area contributed by atoms with Crippen LogP contribution in [0.1, 0.15) is 28.4 Å². The summed E-state index contributed by atoms with van der Waals surface area (Å²) in [5.74, 6) is 0.443. The standard InChI is InChI=1S/C22H19N3O3/c1-3-14-4-9-20(26)18(10-14)22(27)16-12-23-21-11-19(24-25(21)13-16)15-5-7-17(28-2)8-6-15/h4-13,26H,3H2,1-2H3. The first-order valence-electron chi connectivity index (χ1n) is 8.95. The van der Waals surface area contributed by atoms with E-state index in [1.165, 1.54) is 6.20 Å². The number of hydrogen-bond acceptors (Lipinski definition) is 5. The summed E-state index contributed by atoms with van der Waals surface area (Å²) in [5, 5.41) is 14.6. The summed E-state index contributed by atoms with van der Waals surface area (Å²) in [6, 6.07) is 14.5. The molecular weight excluding hydrogens is 354 g/mol. The Morgan fingerprint density at radius 1 is 1.14 bits per heavy atom. The number of benzene rings is 2. The van der Waals surface area contributed by atoms with Crippen LogP contribution in [0.5, 0.6) is 11.5 Å². The molecule has 1 N–H and O–H groups in total. The fourth-order valence-electron chi connectivity index (χ4n) is 3.04. The number of ketones is 1. The summed E-state index contributed by atoms with van der Waals surface area (Å²) in [6.07, 6.45) is 3.92. The Labute approximate surface area is 162 Å². The maximum absolute atomic E-state index is 12.9. The van der Waals surface area contributed by atoms with Crippen LogP contribution in [-0.2, 0) is 6.42 Å². The van der Waals surface area contributed by atoms with Crippen LogP contribution in [0.25, 0.3) is 16.9 Å². The molecule has 4 aromatic rings. The van der Waals surface area contributed by atoms with Crippen LogP contribution in [0.15, 0.2) is 60.9 Å². The molecule has 6 heteroatoms. The first-order valence-corrected chi connectivity index (χ1v) is 8.95. The predicted octanol–water partition coefficient (Wildman–Crippen LogP) is 3.90. The lowest BCUT2D eigenvalue weighted by Crippen LogP contribution is -2.05. The minimum atomic E-state index is -0.288. The van der Waals surface area contributed by atoms with Crippen molar-refractivity contribution in [2.24, 2.45) is 0 Å². The lowest BCUT2D eigenvalue weighted by atomic mass is 10.0. The normalized spacial score (nSPS) is 10.9. The number of fused-ring (bicyclic) bond motifs is 1. The largest absolute Gasteiger partial charge is 0.507 e. The number of aromatic nitrogens is 3. The van der Waals surface area contributed by atoms with E-state index in [1.807, 2.05) is 43.3 Å². The Bertz CT molecular complexity index is 1160. The number of aryl methyl sites for hydroxylation is 1. The highest BCUT2D eigenvalue weighted by atomic mass is 16.5. The number of rotatable bonds is 5. The fraction of sp³-hybridized carbons (Fsp3) is 0.136. The zero-order valence-corrected chi connectivity index (χ0v) is 15.6. The molecule has 0 atom stereocenters. The van der Waals surface area contributed by atoms with Crippen LogP contribution in [0.3, 0.4) is 0 Å². The highest BCUT2D eigenvalue weighted by Gasteiger charge is 2.16. The van der Waals surface area contributed by atoms with Gasteiger partial charge in [0.25, 0.3) is 0 Å². The quantitative estimate of drug-likeness (QED) is 0.537. The number of phenols is 1. The topological polar surface area (TPSA) is 76.7 Å². The van der Waals surface area contributed by atoms with Crippen molar-refractivity contribution in [3.8, 4) is 22.8 Å². The number of methoxy groups -OCH3 is 1. The Morgan fingerprint density at radius 3 is 2.64 bits per heavy atom. The summed E-state index contributed by atoms with van der Waals surface area (Å²) in [6.45, 7) is 2.00.